The molecule has 1 amide bonds. The van der Waals surface area contributed by atoms with Crippen LogP contribution >= 0.6 is 0 Å². The molecule has 4 nitrogen and oxygen atoms in total. The molecule has 0 aliphatic heterocycles. The zero-order valence-electron chi connectivity index (χ0n) is 14.3. The number of nitrogens with one attached hydrogen (secondary N) is 1. The van der Waals surface area contributed by atoms with Crippen molar-refractivity contribution < 1.29 is 9.90 Å². The van der Waals surface area contributed by atoms with E-state index < -0.39 is 0 Å². The van der Waals surface area contributed by atoms with Gasteiger partial charge in [0, 0.05) is 18.1 Å². The second kappa shape index (κ2) is 6.41. The first-order valence-corrected chi connectivity index (χ1v) is 8.38. The van der Waals surface area contributed by atoms with Gasteiger partial charge in [-0.25, -0.2) is 0 Å². The number of phenols is 1. The van der Waals surface area contributed by atoms with Gasteiger partial charge in [0.2, 0.25) is 0 Å². The highest BCUT2D eigenvalue weighted by Gasteiger charge is 2.15. The number of hydrogen-bond acceptors (Lipinski definition) is 2. The Morgan fingerprint density at radius 1 is 0.885 bits per heavy atom. The van der Waals surface area contributed by atoms with Gasteiger partial charge in [0.1, 0.15) is 11.4 Å². The van der Waals surface area contributed by atoms with Crippen molar-refractivity contribution in [3.63, 3.8) is 0 Å². The van der Waals surface area contributed by atoms with Crippen LogP contribution < -0.4 is 5.32 Å². The first-order valence-electron chi connectivity index (χ1n) is 8.38. The Morgan fingerprint density at radius 2 is 1.62 bits per heavy atom. The Labute approximate surface area is 151 Å². The lowest BCUT2D eigenvalue weighted by atomic mass is 10.1. The Kier molecular flexibility index (Phi) is 3.93. The van der Waals surface area contributed by atoms with Crippen LogP contribution in [-0.4, -0.2) is 15.6 Å². The van der Waals surface area contributed by atoms with E-state index >= 15 is 0 Å². The topological polar surface area (TPSA) is 54.3 Å². The van der Waals surface area contributed by atoms with Crippen molar-refractivity contribution in [1.82, 2.24) is 4.57 Å². The van der Waals surface area contributed by atoms with E-state index in [0.29, 0.717) is 11.1 Å². The third-order valence-corrected chi connectivity index (χ3v) is 4.52. The summed E-state index contributed by atoms with van der Waals surface area (Å²) in [4.78, 5) is 12.8. The molecule has 1 heterocycles. The van der Waals surface area contributed by atoms with E-state index in [1.807, 2.05) is 67.7 Å². The lowest BCUT2D eigenvalue weighted by molar-refractivity contribution is 0.102. The first kappa shape index (κ1) is 16.0. The number of fused-ring (bicyclic) bond motifs is 1. The van der Waals surface area contributed by atoms with Crippen molar-refractivity contribution in [2.45, 2.75) is 0 Å². The van der Waals surface area contributed by atoms with Crippen LogP contribution in [0.3, 0.4) is 0 Å². The second-order valence-electron chi connectivity index (χ2n) is 6.20. The number of rotatable bonds is 3. The van der Waals surface area contributed by atoms with Gasteiger partial charge in [-0.05, 0) is 41.5 Å². The highest BCUT2D eigenvalue weighted by molar-refractivity contribution is 6.07. The van der Waals surface area contributed by atoms with E-state index in [9.17, 15) is 9.90 Å². The Hall–Kier alpha value is -3.53. The summed E-state index contributed by atoms with van der Waals surface area (Å²) < 4.78 is 1.78. The van der Waals surface area contributed by atoms with E-state index in [4.69, 9.17) is 0 Å². The molecule has 0 bridgehead atoms. The van der Waals surface area contributed by atoms with Crippen molar-refractivity contribution in [1.29, 1.82) is 0 Å². The number of amides is 1. The Bertz CT molecular complexity index is 1100. The average molecular weight is 342 g/mol. The normalized spacial score (nSPS) is 10.8. The number of anilines is 1. The highest BCUT2D eigenvalue weighted by atomic mass is 16.3. The lowest BCUT2D eigenvalue weighted by Crippen LogP contribution is -2.15. The largest absolute Gasteiger partial charge is 0.507 e. The molecular formula is C22H18N2O2. The van der Waals surface area contributed by atoms with Crippen LogP contribution in [0.1, 0.15) is 10.5 Å². The van der Waals surface area contributed by atoms with E-state index in [1.165, 1.54) is 0 Å². The van der Waals surface area contributed by atoms with Crippen LogP contribution in [0.4, 0.5) is 5.69 Å². The van der Waals surface area contributed by atoms with Gasteiger partial charge in [-0.1, -0.05) is 48.5 Å². The standard InChI is InChI=1S/C22H18N2O2/c1-24-19-11-6-12-21(25)18(19)14-20(24)22(26)23-17-10-5-9-16(13-17)15-7-3-2-4-8-15/h2-14,25H,1H3,(H,23,26). The molecule has 4 heteroatoms. The van der Waals surface area contributed by atoms with Crippen LogP contribution in [0.5, 0.6) is 5.75 Å². The number of nitrogens with zero attached hydrogens (tertiary/aromatic N) is 1. The van der Waals surface area contributed by atoms with Crippen molar-refractivity contribution in [3.8, 4) is 16.9 Å². The quantitative estimate of drug-likeness (QED) is 0.562. The maximum absolute atomic E-state index is 12.8. The molecule has 0 radical (unpaired) electrons. The Morgan fingerprint density at radius 3 is 2.38 bits per heavy atom. The van der Waals surface area contributed by atoms with Gasteiger partial charge in [0.15, 0.2) is 0 Å². The predicted molar refractivity (Wildman–Crippen MR) is 104 cm³/mol. The number of carbonyl (C=O) groups is 1. The number of aromatic hydroxyl groups is 1. The number of aryl methyl sites for hydroxylation is 1. The van der Waals surface area contributed by atoms with Gasteiger partial charge >= 0.3 is 0 Å². The summed E-state index contributed by atoms with van der Waals surface area (Å²) in [5.74, 6) is -0.0449. The number of carbonyl (C=O) groups excluding carboxylic acids is 1. The van der Waals surface area contributed by atoms with Crippen LogP contribution in [-0.2, 0) is 7.05 Å². The predicted octanol–water partition coefficient (Wildman–Crippen LogP) is 4.80. The highest BCUT2D eigenvalue weighted by Crippen LogP contribution is 2.28. The van der Waals surface area contributed by atoms with E-state index in [2.05, 4.69) is 5.32 Å². The summed E-state index contributed by atoms with van der Waals surface area (Å²) >= 11 is 0. The third kappa shape index (κ3) is 2.82. The maximum Gasteiger partial charge on any atom is 0.272 e. The smallest absolute Gasteiger partial charge is 0.272 e. The number of aromatic nitrogens is 1. The molecule has 2 N–H and O–H groups in total. The van der Waals surface area contributed by atoms with Crippen molar-refractivity contribution in [3.05, 3.63) is 84.6 Å². The summed E-state index contributed by atoms with van der Waals surface area (Å²) in [6.45, 7) is 0. The molecule has 0 spiro atoms. The molecule has 0 saturated carbocycles. The molecule has 4 rings (SSSR count). The number of phenolic OH excluding ortho intramolecular Hbond substituents is 1. The average Bonchev–Trinajstić information content (AvgIpc) is 3.01. The SMILES string of the molecule is Cn1c(C(=O)Nc2cccc(-c3ccccc3)c2)cc2c(O)cccc21. The fraction of sp³-hybridized carbons (Fsp3) is 0.0455. The van der Waals surface area contributed by atoms with Crippen LogP contribution in [0.2, 0.25) is 0 Å². The monoisotopic (exact) mass is 342 g/mol. The molecule has 0 saturated heterocycles. The molecule has 0 aliphatic carbocycles. The van der Waals surface area contributed by atoms with Crippen molar-refractivity contribution in [2.24, 2.45) is 7.05 Å². The van der Waals surface area contributed by atoms with E-state index in [-0.39, 0.29) is 11.7 Å². The molecule has 0 fully saturated rings. The van der Waals surface area contributed by atoms with E-state index in [0.717, 1.165) is 22.3 Å². The summed E-state index contributed by atoms with van der Waals surface area (Å²) in [5.41, 5.74) is 4.17. The molecule has 0 aliphatic rings. The van der Waals surface area contributed by atoms with Gasteiger partial charge in [0.25, 0.3) is 5.91 Å². The minimum Gasteiger partial charge on any atom is -0.507 e. The molecule has 0 unspecified atom stereocenters. The Balaban J connectivity index is 1.65. The molecular weight excluding hydrogens is 324 g/mol. The van der Waals surface area contributed by atoms with Crippen LogP contribution in [0.15, 0.2) is 78.9 Å². The fourth-order valence-electron chi connectivity index (χ4n) is 3.16. The minimum absolute atomic E-state index is 0.170. The fourth-order valence-corrected chi connectivity index (χ4v) is 3.16. The van der Waals surface area contributed by atoms with Crippen LogP contribution in [0.25, 0.3) is 22.0 Å². The summed E-state index contributed by atoms with van der Waals surface area (Å²) in [7, 11) is 1.82. The summed E-state index contributed by atoms with van der Waals surface area (Å²) in [6, 6.07) is 24.7. The van der Waals surface area contributed by atoms with Crippen LogP contribution in [0, 0.1) is 0 Å². The zero-order chi connectivity index (χ0) is 18.1. The van der Waals surface area contributed by atoms with Gasteiger partial charge in [0.05, 0.1) is 5.52 Å². The van der Waals surface area contributed by atoms with Crippen molar-refractivity contribution >= 4 is 22.5 Å². The van der Waals surface area contributed by atoms with Crippen molar-refractivity contribution in [2.75, 3.05) is 5.32 Å². The summed E-state index contributed by atoms with van der Waals surface area (Å²) in [5, 5.41) is 13.6. The van der Waals surface area contributed by atoms with Gasteiger partial charge in [-0.2, -0.15) is 0 Å². The van der Waals surface area contributed by atoms with Gasteiger partial charge in [-0.15, -0.1) is 0 Å². The minimum atomic E-state index is -0.215. The molecule has 4 aromatic rings. The summed E-state index contributed by atoms with van der Waals surface area (Å²) in [6.07, 6.45) is 0. The van der Waals surface area contributed by atoms with Gasteiger partial charge < -0.3 is 15.0 Å². The third-order valence-electron chi connectivity index (χ3n) is 4.52. The molecule has 1 aromatic heterocycles. The zero-order valence-corrected chi connectivity index (χ0v) is 14.3. The number of hydrogen-bond donors (Lipinski definition) is 2. The van der Waals surface area contributed by atoms with Gasteiger partial charge in [-0.3, -0.25) is 4.79 Å². The second-order valence-corrected chi connectivity index (χ2v) is 6.20. The molecule has 0 atom stereocenters. The van der Waals surface area contributed by atoms with E-state index in [1.54, 1.807) is 22.8 Å². The molecule has 26 heavy (non-hydrogen) atoms. The lowest BCUT2D eigenvalue weighted by Gasteiger charge is -2.09. The maximum atomic E-state index is 12.8. The number of benzene rings is 3. The molecule has 128 valence electrons. The first-order chi connectivity index (χ1) is 12.6. The molecule has 3 aromatic carbocycles.